The van der Waals surface area contributed by atoms with Crippen molar-refractivity contribution in [2.45, 2.75) is 23.4 Å². The highest BCUT2D eigenvalue weighted by Crippen LogP contribution is 2.36. The maximum atomic E-state index is 13.4. The fraction of sp³-hybridized carbons (Fsp3) is 0.190. The van der Waals surface area contributed by atoms with E-state index in [1.165, 1.54) is 4.90 Å². The molecule has 4 aromatic rings. The zero-order valence-electron chi connectivity index (χ0n) is 17.7. The normalized spacial score (nSPS) is 11.6. The molecule has 0 aliphatic rings. The molecule has 7 nitrogen and oxygen atoms in total. The zero-order chi connectivity index (χ0) is 23.8. The summed E-state index contributed by atoms with van der Waals surface area (Å²) < 4.78 is 42.1. The minimum atomic E-state index is -4.62. The third-order valence-electron chi connectivity index (χ3n) is 4.68. The van der Waals surface area contributed by atoms with Crippen LogP contribution in [0, 0.1) is 6.92 Å². The first-order valence-electron chi connectivity index (χ1n) is 9.58. The van der Waals surface area contributed by atoms with Crippen LogP contribution in [-0.2, 0) is 6.18 Å². The molecule has 0 spiro atoms. The fourth-order valence-electron chi connectivity index (χ4n) is 2.99. The highest BCUT2D eigenvalue weighted by Gasteiger charge is 2.34. The van der Waals surface area contributed by atoms with Crippen molar-refractivity contribution >= 4 is 29.2 Å². The van der Waals surface area contributed by atoms with E-state index in [0.717, 1.165) is 29.0 Å². The molecule has 0 radical (unpaired) electrons. The number of anilines is 1. The third-order valence-corrected chi connectivity index (χ3v) is 5.90. The topological polar surface area (TPSA) is 72.6 Å². The number of rotatable bonds is 5. The van der Waals surface area contributed by atoms with Gasteiger partial charge >= 0.3 is 6.18 Å². The second kappa shape index (κ2) is 8.99. The van der Waals surface area contributed by atoms with Gasteiger partial charge in [-0.1, -0.05) is 17.7 Å². The second-order valence-electron chi connectivity index (χ2n) is 7.15. The van der Waals surface area contributed by atoms with Crippen LogP contribution in [0.2, 0.25) is 5.02 Å². The summed E-state index contributed by atoms with van der Waals surface area (Å²) in [5, 5.41) is 9.24. The lowest BCUT2D eigenvalue weighted by molar-refractivity contribution is -0.141. The summed E-state index contributed by atoms with van der Waals surface area (Å²) >= 11 is 7.22. The van der Waals surface area contributed by atoms with Crippen LogP contribution in [0.3, 0.4) is 0 Å². The van der Waals surface area contributed by atoms with E-state index in [0.29, 0.717) is 16.5 Å². The molecule has 0 amide bonds. The van der Waals surface area contributed by atoms with E-state index < -0.39 is 11.9 Å². The molecule has 0 aliphatic heterocycles. The van der Waals surface area contributed by atoms with Crippen LogP contribution < -0.4 is 4.90 Å². The summed E-state index contributed by atoms with van der Waals surface area (Å²) in [5.41, 5.74) is 1.13. The molecule has 3 aromatic heterocycles. The Morgan fingerprint density at radius 2 is 1.76 bits per heavy atom. The van der Waals surface area contributed by atoms with Gasteiger partial charge in [0.1, 0.15) is 5.82 Å². The third kappa shape index (κ3) is 4.79. The van der Waals surface area contributed by atoms with Gasteiger partial charge in [0.15, 0.2) is 16.7 Å². The number of aromatic nitrogens is 6. The van der Waals surface area contributed by atoms with Gasteiger partial charge in [0, 0.05) is 43.1 Å². The molecule has 33 heavy (non-hydrogen) atoms. The van der Waals surface area contributed by atoms with Crippen molar-refractivity contribution in [2.24, 2.45) is 0 Å². The number of benzene rings is 1. The van der Waals surface area contributed by atoms with Crippen LogP contribution in [0.1, 0.15) is 11.3 Å². The van der Waals surface area contributed by atoms with Crippen molar-refractivity contribution in [1.82, 2.24) is 29.7 Å². The maximum absolute atomic E-state index is 13.4. The lowest BCUT2D eigenvalue weighted by Crippen LogP contribution is -2.16. The maximum Gasteiger partial charge on any atom is 0.433 e. The number of pyridine rings is 1. The van der Waals surface area contributed by atoms with E-state index in [9.17, 15) is 13.2 Å². The summed E-state index contributed by atoms with van der Waals surface area (Å²) in [6, 6.07) is 9.79. The van der Waals surface area contributed by atoms with Gasteiger partial charge in [0.2, 0.25) is 5.16 Å². The van der Waals surface area contributed by atoms with Crippen LogP contribution in [0.25, 0.3) is 17.1 Å². The van der Waals surface area contributed by atoms with Gasteiger partial charge < -0.3 is 4.90 Å². The Kier molecular flexibility index (Phi) is 6.26. The number of alkyl halides is 3. The molecule has 0 fully saturated rings. The Morgan fingerprint density at radius 3 is 2.42 bits per heavy atom. The summed E-state index contributed by atoms with van der Waals surface area (Å²) in [6.07, 6.45) is -1.39. The van der Waals surface area contributed by atoms with Crippen molar-refractivity contribution in [3.8, 4) is 17.1 Å². The summed E-state index contributed by atoms with van der Waals surface area (Å²) in [4.78, 5) is 13.5. The molecular formula is C21H17ClF3N7S. The first kappa shape index (κ1) is 23.0. The average Bonchev–Trinajstić information content (AvgIpc) is 3.18. The van der Waals surface area contributed by atoms with Crippen LogP contribution >= 0.6 is 23.4 Å². The largest absolute Gasteiger partial charge is 0.433 e. The highest BCUT2D eigenvalue weighted by molar-refractivity contribution is 7.99. The van der Waals surface area contributed by atoms with Gasteiger partial charge in [0.25, 0.3) is 0 Å². The summed E-state index contributed by atoms with van der Waals surface area (Å²) in [6.45, 7) is 1.84. The quantitative estimate of drug-likeness (QED) is 0.350. The molecular weight excluding hydrogens is 475 g/mol. The molecule has 0 N–H and O–H groups in total. The molecule has 12 heteroatoms. The average molecular weight is 492 g/mol. The van der Waals surface area contributed by atoms with E-state index in [-0.39, 0.29) is 16.1 Å². The van der Waals surface area contributed by atoms with Crippen molar-refractivity contribution in [2.75, 3.05) is 19.0 Å². The number of nitrogens with zero attached hydrogens (tertiary/aromatic N) is 7. The Hall–Kier alpha value is -3.18. The van der Waals surface area contributed by atoms with E-state index >= 15 is 0 Å². The number of halogens is 4. The van der Waals surface area contributed by atoms with Gasteiger partial charge in [-0.15, -0.1) is 10.2 Å². The van der Waals surface area contributed by atoms with Gasteiger partial charge in [-0.25, -0.2) is 9.97 Å². The smallest absolute Gasteiger partial charge is 0.363 e. The molecule has 170 valence electrons. The lowest BCUT2D eigenvalue weighted by atomic mass is 10.2. The standard InChI is InChI=1S/C21H17ClF3N7S/c1-12-14(22)5-4-6-15(12)32-18(13-7-9-26-10-8-13)29-30-20(32)33-19-27-16(21(23,24)25)11-17(28-19)31(2)3/h4-11H,1-3H3. The summed E-state index contributed by atoms with van der Waals surface area (Å²) in [5.74, 6) is 0.601. The molecule has 0 bridgehead atoms. The highest BCUT2D eigenvalue weighted by atomic mass is 35.5. The Morgan fingerprint density at radius 1 is 1.03 bits per heavy atom. The van der Waals surface area contributed by atoms with E-state index in [2.05, 4.69) is 25.1 Å². The predicted octanol–water partition coefficient (Wildman–Crippen LogP) is 5.32. The SMILES string of the molecule is Cc1c(Cl)cccc1-n1c(Sc2nc(N(C)C)cc(C(F)(F)F)n2)nnc1-c1ccncc1. The number of hydrogen-bond donors (Lipinski definition) is 0. The summed E-state index contributed by atoms with van der Waals surface area (Å²) in [7, 11) is 3.21. The molecule has 1 aromatic carbocycles. The van der Waals surface area contributed by atoms with Gasteiger partial charge in [-0.05, 0) is 48.5 Å². The zero-order valence-corrected chi connectivity index (χ0v) is 19.2. The fourth-order valence-corrected chi connectivity index (χ4v) is 3.97. The van der Waals surface area contributed by atoms with Crippen LogP contribution in [0.5, 0.6) is 0 Å². The van der Waals surface area contributed by atoms with E-state index in [1.807, 2.05) is 13.0 Å². The first-order valence-corrected chi connectivity index (χ1v) is 10.8. The first-order chi connectivity index (χ1) is 15.6. The molecule has 0 saturated heterocycles. The molecule has 3 heterocycles. The van der Waals surface area contributed by atoms with Crippen LogP contribution in [0.4, 0.5) is 19.0 Å². The predicted molar refractivity (Wildman–Crippen MR) is 120 cm³/mol. The van der Waals surface area contributed by atoms with Gasteiger partial charge in [-0.2, -0.15) is 13.2 Å². The lowest BCUT2D eigenvalue weighted by Gasteiger charge is -2.16. The second-order valence-corrected chi connectivity index (χ2v) is 8.49. The minimum absolute atomic E-state index is 0.108. The van der Waals surface area contributed by atoms with E-state index in [1.54, 1.807) is 55.3 Å². The van der Waals surface area contributed by atoms with Crippen molar-refractivity contribution in [3.63, 3.8) is 0 Å². The van der Waals surface area contributed by atoms with Crippen molar-refractivity contribution in [1.29, 1.82) is 0 Å². The molecule has 0 atom stereocenters. The van der Waals surface area contributed by atoms with Crippen LogP contribution in [0.15, 0.2) is 59.1 Å². The Bertz CT molecular complexity index is 1290. The van der Waals surface area contributed by atoms with Gasteiger partial charge in [-0.3, -0.25) is 9.55 Å². The van der Waals surface area contributed by atoms with Crippen molar-refractivity contribution < 1.29 is 13.2 Å². The molecule has 0 aliphatic carbocycles. The Balaban J connectivity index is 1.89. The molecule has 4 rings (SSSR count). The molecule has 0 unspecified atom stereocenters. The van der Waals surface area contributed by atoms with E-state index in [4.69, 9.17) is 11.6 Å². The van der Waals surface area contributed by atoms with Crippen LogP contribution in [-0.4, -0.2) is 43.8 Å². The number of hydrogen-bond acceptors (Lipinski definition) is 7. The monoisotopic (exact) mass is 491 g/mol. The minimum Gasteiger partial charge on any atom is -0.363 e. The Labute approximate surface area is 196 Å². The van der Waals surface area contributed by atoms with Gasteiger partial charge in [0.05, 0.1) is 5.69 Å². The molecule has 0 saturated carbocycles. The van der Waals surface area contributed by atoms with Crippen molar-refractivity contribution in [3.05, 3.63) is 65.1 Å².